The lowest BCUT2D eigenvalue weighted by atomic mass is 9.94. The quantitative estimate of drug-likeness (QED) is 0.134. The van der Waals surface area contributed by atoms with Crippen molar-refractivity contribution < 1.29 is 24.2 Å². The highest BCUT2D eigenvalue weighted by atomic mass is 32.1. The number of rotatable bonds is 5. The standard InChI is InChI=1S/C34H26N2O5S/c1-19-11-13-26-28(15-19)42-34(35-26)36-30(21-7-6-10-25(18-21)41-24-8-4-3-5-9-24)29(32(38)33(36)39)31(37)22-12-14-27-23(17-22)16-20(2)40-27/h3-15,17-18,20,30,37H,16H2,1-2H3/b31-29+/t20-,30+/m0/s1. The van der Waals surface area contributed by atoms with Gasteiger partial charge in [-0.15, -0.1) is 0 Å². The molecule has 8 heteroatoms. The van der Waals surface area contributed by atoms with Crippen molar-refractivity contribution in [2.75, 3.05) is 4.90 Å². The van der Waals surface area contributed by atoms with Gasteiger partial charge in [0.15, 0.2) is 5.13 Å². The average Bonchev–Trinajstić information content (AvgIpc) is 3.65. The molecule has 1 saturated heterocycles. The average molecular weight is 575 g/mol. The Labute approximate surface area is 246 Å². The number of fused-ring (bicyclic) bond motifs is 2. The van der Waals surface area contributed by atoms with Crippen LogP contribution in [0.4, 0.5) is 5.13 Å². The fourth-order valence-corrected chi connectivity index (χ4v) is 6.66. The smallest absolute Gasteiger partial charge is 0.301 e. The summed E-state index contributed by atoms with van der Waals surface area (Å²) in [5, 5.41) is 12.1. The molecule has 1 N–H and O–H groups in total. The Hall–Kier alpha value is -4.95. The molecular weight excluding hydrogens is 548 g/mol. The van der Waals surface area contributed by atoms with Crippen molar-refractivity contribution in [2.24, 2.45) is 0 Å². The molecule has 2 atom stereocenters. The van der Waals surface area contributed by atoms with E-state index in [0.29, 0.717) is 34.2 Å². The zero-order chi connectivity index (χ0) is 29.0. The first-order valence-corrected chi connectivity index (χ1v) is 14.5. The number of thiazole rings is 1. The molecule has 5 aromatic rings. The number of nitrogens with zero attached hydrogens (tertiary/aromatic N) is 2. The second kappa shape index (κ2) is 10.2. The zero-order valence-electron chi connectivity index (χ0n) is 22.9. The Kier molecular flexibility index (Phi) is 6.28. The lowest BCUT2D eigenvalue weighted by molar-refractivity contribution is -0.132. The molecule has 0 spiro atoms. The van der Waals surface area contributed by atoms with Crippen molar-refractivity contribution in [3.05, 3.63) is 119 Å². The lowest BCUT2D eigenvalue weighted by Gasteiger charge is -2.23. The Morgan fingerprint density at radius 2 is 1.79 bits per heavy atom. The number of ketones is 1. The van der Waals surface area contributed by atoms with Crippen LogP contribution in [0.2, 0.25) is 0 Å². The van der Waals surface area contributed by atoms with Crippen molar-refractivity contribution in [3.63, 3.8) is 0 Å². The molecule has 0 bridgehead atoms. The lowest BCUT2D eigenvalue weighted by Crippen LogP contribution is -2.29. The number of carbonyl (C=O) groups is 2. The number of aliphatic hydroxyl groups excluding tert-OH is 1. The number of para-hydroxylation sites is 1. The largest absolute Gasteiger partial charge is 0.507 e. The molecule has 0 unspecified atom stereocenters. The molecule has 42 heavy (non-hydrogen) atoms. The van der Waals surface area contributed by atoms with Crippen LogP contribution in [0.5, 0.6) is 17.2 Å². The summed E-state index contributed by atoms with van der Waals surface area (Å²) in [6.45, 7) is 3.97. The molecular formula is C34H26N2O5S. The van der Waals surface area contributed by atoms with Crippen molar-refractivity contribution in [1.29, 1.82) is 0 Å². The van der Waals surface area contributed by atoms with Gasteiger partial charge in [0.05, 0.1) is 21.8 Å². The van der Waals surface area contributed by atoms with Gasteiger partial charge < -0.3 is 14.6 Å². The Morgan fingerprint density at radius 3 is 2.62 bits per heavy atom. The normalized spacial score (nSPS) is 19.2. The van der Waals surface area contributed by atoms with Crippen LogP contribution >= 0.6 is 11.3 Å². The number of Topliss-reactive ketones (excluding diaryl/α,β-unsaturated/α-hetero) is 1. The number of aliphatic hydroxyl groups is 1. The van der Waals surface area contributed by atoms with E-state index in [4.69, 9.17) is 14.5 Å². The third kappa shape index (κ3) is 4.50. The topological polar surface area (TPSA) is 89.0 Å². The maximum Gasteiger partial charge on any atom is 0.301 e. The predicted octanol–water partition coefficient (Wildman–Crippen LogP) is 7.35. The Balaban J connectivity index is 1.38. The van der Waals surface area contributed by atoms with Crippen LogP contribution in [0.25, 0.3) is 16.0 Å². The van der Waals surface area contributed by atoms with Crippen LogP contribution in [0.1, 0.15) is 35.2 Å². The summed E-state index contributed by atoms with van der Waals surface area (Å²) in [5.74, 6) is 0.186. The molecule has 2 aliphatic rings. The summed E-state index contributed by atoms with van der Waals surface area (Å²) in [4.78, 5) is 33.6. The summed E-state index contributed by atoms with van der Waals surface area (Å²) in [6, 6.07) is 26.9. The monoisotopic (exact) mass is 574 g/mol. The van der Waals surface area contributed by atoms with Crippen molar-refractivity contribution in [1.82, 2.24) is 4.98 Å². The van der Waals surface area contributed by atoms with Gasteiger partial charge in [-0.3, -0.25) is 14.5 Å². The van der Waals surface area contributed by atoms with Gasteiger partial charge in [-0.2, -0.15) is 0 Å². The number of hydrogen-bond acceptors (Lipinski definition) is 7. The van der Waals surface area contributed by atoms with Gasteiger partial charge >= 0.3 is 5.91 Å². The maximum atomic E-state index is 13.7. The molecule has 7 rings (SSSR count). The first-order valence-electron chi connectivity index (χ1n) is 13.7. The third-order valence-corrected chi connectivity index (χ3v) is 8.52. The van der Waals surface area contributed by atoms with Crippen LogP contribution in [0, 0.1) is 6.92 Å². The zero-order valence-corrected chi connectivity index (χ0v) is 23.7. The number of benzene rings is 4. The predicted molar refractivity (Wildman–Crippen MR) is 162 cm³/mol. The molecule has 0 saturated carbocycles. The number of hydrogen-bond donors (Lipinski definition) is 1. The second-order valence-corrected chi connectivity index (χ2v) is 11.6. The van der Waals surface area contributed by atoms with E-state index in [2.05, 4.69) is 0 Å². The summed E-state index contributed by atoms with van der Waals surface area (Å²) < 4.78 is 12.8. The number of ether oxygens (including phenoxy) is 2. The number of carbonyl (C=O) groups excluding carboxylic acids is 2. The van der Waals surface area contributed by atoms with Crippen LogP contribution in [0.3, 0.4) is 0 Å². The van der Waals surface area contributed by atoms with E-state index in [1.807, 2.05) is 86.6 Å². The molecule has 1 fully saturated rings. The van der Waals surface area contributed by atoms with E-state index < -0.39 is 17.7 Å². The van der Waals surface area contributed by atoms with Gasteiger partial charge in [0.1, 0.15) is 29.1 Å². The molecule has 0 aliphatic carbocycles. The van der Waals surface area contributed by atoms with E-state index in [1.165, 1.54) is 16.2 Å². The minimum absolute atomic E-state index is 0.000730. The van der Waals surface area contributed by atoms with Crippen LogP contribution in [0.15, 0.2) is 96.6 Å². The van der Waals surface area contributed by atoms with Crippen molar-refractivity contribution in [2.45, 2.75) is 32.4 Å². The molecule has 1 aromatic heterocycles. The minimum Gasteiger partial charge on any atom is -0.507 e. The SMILES string of the molecule is Cc1ccc2nc(N3C(=O)C(=O)/C(=C(/O)c4ccc5c(c4)C[C@H](C)O5)[C@H]3c3cccc(Oc4ccccc4)c3)sc2c1. The Morgan fingerprint density at radius 1 is 0.976 bits per heavy atom. The van der Waals surface area contributed by atoms with Gasteiger partial charge in [-0.25, -0.2) is 4.98 Å². The number of anilines is 1. The summed E-state index contributed by atoms with van der Waals surface area (Å²) in [5.41, 5.74) is 3.80. The van der Waals surface area contributed by atoms with Crippen LogP contribution in [-0.4, -0.2) is 27.9 Å². The highest BCUT2D eigenvalue weighted by molar-refractivity contribution is 7.22. The first-order chi connectivity index (χ1) is 20.4. The van der Waals surface area contributed by atoms with E-state index in [9.17, 15) is 14.7 Å². The minimum atomic E-state index is -0.922. The second-order valence-electron chi connectivity index (χ2n) is 10.6. The first kappa shape index (κ1) is 26.0. The van der Waals surface area contributed by atoms with Crippen molar-refractivity contribution >= 4 is 44.1 Å². The highest BCUT2D eigenvalue weighted by Gasteiger charge is 2.48. The molecule has 3 heterocycles. The fraction of sp³-hybridized carbons (Fsp3) is 0.147. The van der Waals surface area contributed by atoms with E-state index in [1.54, 1.807) is 18.2 Å². The van der Waals surface area contributed by atoms with E-state index >= 15 is 0 Å². The molecule has 0 radical (unpaired) electrons. The molecule has 4 aromatic carbocycles. The molecule has 1 amide bonds. The summed E-state index contributed by atoms with van der Waals surface area (Å²) in [6.07, 6.45) is 0.719. The Bertz CT molecular complexity index is 1910. The number of amides is 1. The molecule has 2 aliphatic heterocycles. The molecule has 7 nitrogen and oxygen atoms in total. The van der Waals surface area contributed by atoms with Crippen LogP contribution in [-0.2, 0) is 16.0 Å². The van der Waals surface area contributed by atoms with Gasteiger partial charge in [-0.1, -0.05) is 47.7 Å². The number of aryl methyl sites for hydroxylation is 1. The summed E-state index contributed by atoms with van der Waals surface area (Å²) in [7, 11) is 0. The maximum absolute atomic E-state index is 13.7. The highest BCUT2D eigenvalue weighted by Crippen LogP contribution is 2.45. The van der Waals surface area contributed by atoms with Gasteiger partial charge in [0.25, 0.3) is 5.78 Å². The third-order valence-electron chi connectivity index (χ3n) is 7.51. The van der Waals surface area contributed by atoms with Gasteiger partial charge in [0, 0.05) is 12.0 Å². The summed E-state index contributed by atoms with van der Waals surface area (Å²) >= 11 is 1.34. The van der Waals surface area contributed by atoms with Gasteiger partial charge in [0.2, 0.25) is 0 Å². The van der Waals surface area contributed by atoms with Crippen molar-refractivity contribution in [3.8, 4) is 17.2 Å². The van der Waals surface area contributed by atoms with E-state index in [-0.39, 0.29) is 17.4 Å². The van der Waals surface area contributed by atoms with Crippen LogP contribution < -0.4 is 14.4 Å². The molecule has 208 valence electrons. The number of aromatic nitrogens is 1. The van der Waals surface area contributed by atoms with Gasteiger partial charge in [-0.05, 0) is 85.1 Å². The fourth-order valence-electron chi connectivity index (χ4n) is 5.57. The van der Waals surface area contributed by atoms with E-state index in [0.717, 1.165) is 27.1 Å².